The van der Waals surface area contributed by atoms with Gasteiger partial charge in [-0.1, -0.05) is 54.6 Å². The van der Waals surface area contributed by atoms with Crippen LogP contribution in [0.25, 0.3) is 11.1 Å². The van der Waals surface area contributed by atoms with Crippen molar-refractivity contribution in [3.05, 3.63) is 60.2 Å². The molecule has 4 nitrogen and oxygen atoms in total. The summed E-state index contributed by atoms with van der Waals surface area (Å²) >= 11 is 0. The second kappa shape index (κ2) is 8.40. The Bertz CT molecular complexity index is 607. The third kappa shape index (κ3) is 4.42. The van der Waals surface area contributed by atoms with E-state index in [4.69, 9.17) is 5.11 Å². The zero-order valence-electron chi connectivity index (χ0n) is 14.0. The summed E-state index contributed by atoms with van der Waals surface area (Å²) in [5, 5.41) is 19.5. The molecular weight excluding hydrogens is 300 g/mol. The highest BCUT2D eigenvalue weighted by Crippen LogP contribution is 2.22. The second-order valence-electron chi connectivity index (χ2n) is 6.37. The number of hydrogen-bond acceptors (Lipinski definition) is 4. The Morgan fingerprint density at radius 2 is 1.38 bits per heavy atom. The average Bonchev–Trinajstić information content (AvgIpc) is 2.64. The molecule has 0 saturated carbocycles. The Kier molecular flexibility index (Phi) is 5.99. The van der Waals surface area contributed by atoms with Crippen LogP contribution in [-0.4, -0.2) is 65.9 Å². The van der Waals surface area contributed by atoms with Gasteiger partial charge in [0.2, 0.25) is 0 Å². The summed E-state index contributed by atoms with van der Waals surface area (Å²) in [7, 11) is 0. The Morgan fingerprint density at radius 1 is 0.792 bits per heavy atom. The van der Waals surface area contributed by atoms with Gasteiger partial charge in [-0.05, 0) is 16.7 Å². The van der Waals surface area contributed by atoms with Crippen LogP contribution in [-0.2, 0) is 0 Å². The lowest BCUT2D eigenvalue weighted by Crippen LogP contribution is -2.48. The Labute approximate surface area is 144 Å². The molecular formula is C20H26N2O2. The minimum Gasteiger partial charge on any atom is -0.395 e. The standard InChI is InChI=1S/C20H26N2O2/c23-15-14-21-10-12-22(13-11-21)16-20(24)19-8-6-18(7-9-19)17-4-2-1-3-5-17/h1-9,20,23-24H,10-16H2/t20-/m1/s1. The normalized spacial score (nSPS) is 17.8. The van der Waals surface area contributed by atoms with Crippen LogP contribution in [0.3, 0.4) is 0 Å². The molecule has 0 spiro atoms. The van der Waals surface area contributed by atoms with Crippen molar-refractivity contribution >= 4 is 0 Å². The van der Waals surface area contributed by atoms with Crippen LogP contribution in [0.4, 0.5) is 0 Å². The van der Waals surface area contributed by atoms with Gasteiger partial charge in [0, 0.05) is 39.3 Å². The molecule has 1 fully saturated rings. The summed E-state index contributed by atoms with van der Waals surface area (Å²) in [6, 6.07) is 18.5. The van der Waals surface area contributed by atoms with E-state index in [1.807, 2.05) is 30.3 Å². The molecule has 0 aliphatic carbocycles. The number of hydrogen-bond donors (Lipinski definition) is 2. The molecule has 24 heavy (non-hydrogen) atoms. The Balaban J connectivity index is 1.55. The zero-order valence-corrected chi connectivity index (χ0v) is 14.0. The number of rotatable bonds is 6. The maximum Gasteiger partial charge on any atom is 0.0916 e. The van der Waals surface area contributed by atoms with E-state index in [-0.39, 0.29) is 6.61 Å². The van der Waals surface area contributed by atoms with E-state index in [1.165, 1.54) is 11.1 Å². The van der Waals surface area contributed by atoms with E-state index in [0.29, 0.717) is 6.54 Å². The van der Waals surface area contributed by atoms with Gasteiger partial charge in [-0.2, -0.15) is 0 Å². The fourth-order valence-corrected chi connectivity index (χ4v) is 3.22. The molecule has 0 bridgehead atoms. The molecule has 1 atom stereocenters. The minimum atomic E-state index is -0.459. The average molecular weight is 326 g/mol. The van der Waals surface area contributed by atoms with Crippen LogP contribution in [0.5, 0.6) is 0 Å². The predicted octanol–water partition coefficient (Wildman–Crippen LogP) is 2.00. The first-order valence-corrected chi connectivity index (χ1v) is 8.65. The third-order valence-corrected chi connectivity index (χ3v) is 4.71. The molecule has 0 aromatic heterocycles. The molecule has 2 aromatic carbocycles. The highest BCUT2D eigenvalue weighted by Gasteiger charge is 2.19. The predicted molar refractivity (Wildman–Crippen MR) is 96.8 cm³/mol. The topological polar surface area (TPSA) is 46.9 Å². The molecule has 0 unspecified atom stereocenters. The molecule has 1 heterocycles. The lowest BCUT2D eigenvalue weighted by atomic mass is 10.0. The molecule has 1 aliphatic rings. The summed E-state index contributed by atoms with van der Waals surface area (Å²) in [6.45, 7) is 5.43. The fraction of sp³-hybridized carbons (Fsp3) is 0.400. The van der Waals surface area contributed by atoms with Crippen molar-refractivity contribution in [2.75, 3.05) is 45.9 Å². The number of nitrogens with zero attached hydrogens (tertiary/aromatic N) is 2. The molecule has 2 aromatic rings. The Hall–Kier alpha value is -1.72. The Morgan fingerprint density at radius 3 is 2.00 bits per heavy atom. The summed E-state index contributed by atoms with van der Waals surface area (Å²) in [6.07, 6.45) is -0.459. The van der Waals surface area contributed by atoms with Gasteiger partial charge < -0.3 is 10.2 Å². The monoisotopic (exact) mass is 326 g/mol. The number of piperazine rings is 1. The van der Waals surface area contributed by atoms with E-state index in [0.717, 1.165) is 38.3 Å². The third-order valence-electron chi connectivity index (χ3n) is 4.71. The van der Waals surface area contributed by atoms with E-state index in [1.54, 1.807) is 0 Å². The van der Waals surface area contributed by atoms with Crippen LogP contribution in [0, 0.1) is 0 Å². The van der Waals surface area contributed by atoms with Crippen LogP contribution >= 0.6 is 0 Å². The van der Waals surface area contributed by atoms with Gasteiger partial charge in [0.1, 0.15) is 0 Å². The van der Waals surface area contributed by atoms with Gasteiger partial charge in [-0.25, -0.2) is 0 Å². The van der Waals surface area contributed by atoms with Gasteiger partial charge in [0.25, 0.3) is 0 Å². The van der Waals surface area contributed by atoms with Gasteiger partial charge in [-0.15, -0.1) is 0 Å². The van der Waals surface area contributed by atoms with Gasteiger partial charge >= 0.3 is 0 Å². The zero-order chi connectivity index (χ0) is 16.8. The summed E-state index contributed by atoms with van der Waals surface area (Å²) in [5.41, 5.74) is 3.33. The number of β-amino-alcohol motifs (C(OH)–C–C–N with tert-alkyl or cyclic N) is 2. The van der Waals surface area contributed by atoms with E-state index in [2.05, 4.69) is 34.1 Å². The highest BCUT2D eigenvalue weighted by molar-refractivity contribution is 5.63. The lowest BCUT2D eigenvalue weighted by Gasteiger charge is -2.35. The number of aliphatic hydroxyl groups is 2. The van der Waals surface area contributed by atoms with Crippen molar-refractivity contribution in [3.8, 4) is 11.1 Å². The highest BCUT2D eigenvalue weighted by atomic mass is 16.3. The molecule has 3 rings (SSSR count). The lowest BCUT2D eigenvalue weighted by molar-refractivity contribution is 0.0661. The van der Waals surface area contributed by atoms with E-state index < -0.39 is 6.10 Å². The minimum absolute atomic E-state index is 0.219. The van der Waals surface area contributed by atoms with E-state index in [9.17, 15) is 5.11 Å². The second-order valence-corrected chi connectivity index (χ2v) is 6.37. The van der Waals surface area contributed by atoms with Crippen LogP contribution in [0.2, 0.25) is 0 Å². The van der Waals surface area contributed by atoms with Crippen molar-refractivity contribution in [3.63, 3.8) is 0 Å². The fourth-order valence-electron chi connectivity index (χ4n) is 3.22. The molecule has 128 valence electrons. The largest absolute Gasteiger partial charge is 0.395 e. The smallest absolute Gasteiger partial charge is 0.0916 e. The summed E-state index contributed by atoms with van der Waals surface area (Å²) in [4.78, 5) is 4.56. The summed E-state index contributed by atoms with van der Waals surface area (Å²) < 4.78 is 0. The molecule has 4 heteroatoms. The van der Waals surface area contributed by atoms with Crippen molar-refractivity contribution in [2.24, 2.45) is 0 Å². The summed E-state index contributed by atoms with van der Waals surface area (Å²) in [5.74, 6) is 0. The molecule has 0 radical (unpaired) electrons. The quantitative estimate of drug-likeness (QED) is 0.852. The SMILES string of the molecule is OCCN1CCN(C[C@@H](O)c2ccc(-c3ccccc3)cc2)CC1. The van der Waals surface area contributed by atoms with Crippen molar-refractivity contribution in [2.45, 2.75) is 6.10 Å². The number of benzene rings is 2. The van der Waals surface area contributed by atoms with Gasteiger partial charge in [-0.3, -0.25) is 9.80 Å². The van der Waals surface area contributed by atoms with Gasteiger partial charge in [0.05, 0.1) is 12.7 Å². The van der Waals surface area contributed by atoms with Crippen molar-refractivity contribution < 1.29 is 10.2 Å². The van der Waals surface area contributed by atoms with Crippen LogP contribution in [0.15, 0.2) is 54.6 Å². The molecule has 2 N–H and O–H groups in total. The molecule has 0 amide bonds. The van der Waals surface area contributed by atoms with Gasteiger partial charge in [0.15, 0.2) is 0 Å². The maximum absolute atomic E-state index is 10.5. The van der Waals surface area contributed by atoms with Crippen molar-refractivity contribution in [1.29, 1.82) is 0 Å². The van der Waals surface area contributed by atoms with Crippen LogP contribution < -0.4 is 0 Å². The number of aliphatic hydroxyl groups excluding tert-OH is 2. The molecule has 1 aliphatic heterocycles. The maximum atomic E-state index is 10.5. The first-order chi connectivity index (χ1) is 11.8. The van der Waals surface area contributed by atoms with Crippen molar-refractivity contribution in [1.82, 2.24) is 9.80 Å². The van der Waals surface area contributed by atoms with Crippen LogP contribution in [0.1, 0.15) is 11.7 Å². The first-order valence-electron chi connectivity index (χ1n) is 8.65. The first kappa shape index (κ1) is 17.1. The molecule has 1 saturated heterocycles. The van der Waals surface area contributed by atoms with E-state index >= 15 is 0 Å².